The summed E-state index contributed by atoms with van der Waals surface area (Å²) < 4.78 is 0. The second-order valence-corrected chi connectivity index (χ2v) is 7.83. The van der Waals surface area contributed by atoms with Crippen LogP contribution in [0.4, 0.5) is 0 Å². The smallest absolute Gasteiger partial charge is 0.513 e. The molecule has 12 nitrogen and oxygen atoms in total. The fourth-order valence-electron chi connectivity index (χ4n) is 3.32. The standard InChI is InChI=1S/2C13H10N3O3.Ni/c2*1-7(17)6-10(14)15-16-11-12(18)8-4-2-3-5-9(8)13(11)19;/h2*2-6,17-18H,1H3;/q2*-1;+2/b2*7-6-,16-15?;. The Bertz CT molecular complexity index is 1430. The maximum Gasteiger partial charge on any atom is 2.00 e. The number of allylic oxidation sites excluding steroid dienone is 4. The fraction of sp³-hybridized carbons (Fsp3) is 0.0769. The van der Waals surface area contributed by atoms with Crippen molar-refractivity contribution >= 4 is 34.8 Å². The zero-order valence-corrected chi connectivity index (χ0v) is 21.4. The van der Waals surface area contributed by atoms with E-state index >= 15 is 0 Å². The maximum atomic E-state index is 11.9. The number of hydrogen-bond acceptors (Lipinski definition) is 8. The summed E-state index contributed by atoms with van der Waals surface area (Å²) in [7, 11) is 0. The zero-order chi connectivity index (χ0) is 28.0. The number of amidine groups is 2. The molecule has 0 aromatic heterocycles. The summed E-state index contributed by atoms with van der Waals surface area (Å²) in [6, 6.07) is 13.0. The van der Waals surface area contributed by atoms with Crippen molar-refractivity contribution in [1.82, 2.24) is 0 Å². The van der Waals surface area contributed by atoms with Gasteiger partial charge < -0.3 is 41.5 Å². The number of Topliss-reactive ketones (excluding diaryl/α,β-unsaturated/α-hetero) is 2. The van der Waals surface area contributed by atoms with E-state index in [1.54, 1.807) is 48.5 Å². The van der Waals surface area contributed by atoms with Crippen LogP contribution in [0.1, 0.15) is 45.7 Å². The predicted octanol–water partition coefficient (Wildman–Crippen LogP) is 5.98. The molecule has 0 unspecified atom stereocenters. The van der Waals surface area contributed by atoms with Gasteiger partial charge in [0.2, 0.25) is 11.6 Å². The number of aliphatic hydroxyl groups excluding tert-OH is 4. The van der Waals surface area contributed by atoms with Crippen molar-refractivity contribution in [2.45, 2.75) is 13.8 Å². The van der Waals surface area contributed by atoms with Gasteiger partial charge in [0.05, 0.1) is 11.5 Å². The van der Waals surface area contributed by atoms with Gasteiger partial charge in [-0.15, -0.1) is 0 Å². The van der Waals surface area contributed by atoms with Crippen molar-refractivity contribution < 1.29 is 46.5 Å². The van der Waals surface area contributed by atoms with Crippen LogP contribution in [-0.4, -0.2) is 43.7 Å². The van der Waals surface area contributed by atoms with Crippen LogP contribution in [0.25, 0.3) is 22.3 Å². The summed E-state index contributed by atoms with van der Waals surface area (Å²) in [6.45, 7) is 2.69. The summed E-state index contributed by atoms with van der Waals surface area (Å²) in [5, 5.41) is 69.8. The third-order valence-corrected chi connectivity index (χ3v) is 4.91. The Morgan fingerprint density at radius 3 is 1.26 bits per heavy atom. The summed E-state index contributed by atoms with van der Waals surface area (Å²) >= 11 is 0. The van der Waals surface area contributed by atoms with Crippen LogP contribution < -0.4 is 0 Å². The van der Waals surface area contributed by atoms with Gasteiger partial charge in [-0.3, -0.25) is 19.8 Å². The zero-order valence-electron chi connectivity index (χ0n) is 20.4. The maximum absolute atomic E-state index is 11.9. The number of rotatable bonds is 4. The molecular weight excluding hydrogens is 551 g/mol. The molecule has 0 fully saturated rings. The van der Waals surface area contributed by atoms with E-state index in [9.17, 15) is 30.6 Å². The molecule has 200 valence electrons. The minimum atomic E-state index is -0.566. The summed E-state index contributed by atoms with van der Waals surface area (Å²) in [6.07, 6.45) is 1.93. The summed E-state index contributed by atoms with van der Waals surface area (Å²) in [5.41, 5.74) is 0.961. The first-order chi connectivity index (χ1) is 18.0. The van der Waals surface area contributed by atoms with Crippen molar-refractivity contribution in [2.24, 2.45) is 20.5 Å². The molecule has 0 spiro atoms. The molecular formula is C26H20N6NiO6. The topological polar surface area (TPSA) is 209 Å². The van der Waals surface area contributed by atoms with Gasteiger partial charge in [-0.05, 0) is 37.7 Å². The number of benzene rings is 2. The Balaban J connectivity index is 0.000000267. The number of hydrogen-bond donors (Lipinski definition) is 4. The van der Waals surface area contributed by atoms with Gasteiger partial charge in [-0.1, -0.05) is 48.5 Å². The van der Waals surface area contributed by atoms with Gasteiger partial charge >= 0.3 is 16.5 Å². The van der Waals surface area contributed by atoms with Crippen molar-refractivity contribution in [3.05, 3.63) is 117 Å². The Kier molecular flexibility index (Phi) is 10.0. The Morgan fingerprint density at radius 2 is 0.974 bits per heavy atom. The fourth-order valence-corrected chi connectivity index (χ4v) is 3.32. The molecule has 4 rings (SSSR count). The van der Waals surface area contributed by atoms with Crippen molar-refractivity contribution in [3.8, 4) is 0 Å². The molecule has 0 heterocycles. The van der Waals surface area contributed by atoms with Crippen molar-refractivity contribution in [2.75, 3.05) is 0 Å². The summed E-state index contributed by atoms with van der Waals surface area (Å²) in [4.78, 5) is 23.8. The molecule has 0 aliphatic heterocycles. The molecule has 2 aliphatic rings. The Morgan fingerprint density at radius 1 is 0.667 bits per heavy atom. The number of nitrogens with zero attached hydrogens (tertiary/aromatic N) is 6. The molecule has 0 amide bonds. The quantitative estimate of drug-likeness (QED) is 0.114. The monoisotopic (exact) mass is 570 g/mol. The number of carbonyl (C=O) groups is 2. The van der Waals surface area contributed by atoms with E-state index in [2.05, 4.69) is 20.5 Å². The second-order valence-electron chi connectivity index (χ2n) is 7.83. The van der Waals surface area contributed by atoms with E-state index in [4.69, 9.17) is 10.2 Å². The van der Waals surface area contributed by atoms with E-state index < -0.39 is 23.2 Å². The first-order valence-electron chi connectivity index (χ1n) is 10.9. The van der Waals surface area contributed by atoms with Crippen LogP contribution in [0.2, 0.25) is 0 Å². The summed E-state index contributed by atoms with van der Waals surface area (Å²) in [5.74, 6) is -2.92. The van der Waals surface area contributed by atoms with Gasteiger partial charge in [0.25, 0.3) is 0 Å². The number of azo groups is 2. The minimum Gasteiger partial charge on any atom is -0.513 e. The second kappa shape index (κ2) is 13.0. The number of fused-ring (bicyclic) bond motifs is 2. The van der Waals surface area contributed by atoms with E-state index in [0.29, 0.717) is 22.3 Å². The van der Waals surface area contributed by atoms with Gasteiger partial charge in [0, 0.05) is 22.3 Å². The first-order valence-corrected chi connectivity index (χ1v) is 10.9. The number of ketones is 2. The van der Waals surface area contributed by atoms with E-state index in [-0.39, 0.29) is 50.9 Å². The molecule has 4 N–H and O–H groups in total. The largest absolute Gasteiger partial charge is 2.00 e. The van der Waals surface area contributed by atoms with Gasteiger partial charge in [0.1, 0.15) is 0 Å². The van der Waals surface area contributed by atoms with Crippen molar-refractivity contribution in [3.63, 3.8) is 0 Å². The van der Waals surface area contributed by atoms with Crippen LogP contribution in [0, 0.1) is 0 Å². The SMILES string of the molecule is C/C(O)=C/C(=[N-])N=NC1=C(O)c2ccccc2C1=O.C/C(O)=C/C(=[N-])N=NC1=C(O)c2ccccc2C1=O.[Ni+2]. The van der Waals surface area contributed by atoms with E-state index in [1.165, 1.54) is 13.8 Å². The average Bonchev–Trinajstić information content (AvgIpc) is 3.25. The van der Waals surface area contributed by atoms with Crippen LogP contribution in [0.15, 0.2) is 104 Å². The molecule has 2 aromatic carbocycles. The van der Waals surface area contributed by atoms with Crippen molar-refractivity contribution in [1.29, 1.82) is 0 Å². The molecule has 0 saturated carbocycles. The van der Waals surface area contributed by atoms with Crippen LogP contribution >= 0.6 is 0 Å². The first kappa shape index (κ1) is 30.2. The van der Waals surface area contributed by atoms with E-state index in [1.807, 2.05) is 0 Å². The van der Waals surface area contributed by atoms with Gasteiger partial charge in [0.15, 0.2) is 22.9 Å². The molecule has 2 aromatic rings. The number of aliphatic hydroxyl groups is 4. The number of carbonyl (C=O) groups excluding carboxylic acids is 2. The van der Waals surface area contributed by atoms with E-state index in [0.717, 1.165) is 12.2 Å². The molecule has 0 radical (unpaired) electrons. The average molecular weight is 571 g/mol. The van der Waals surface area contributed by atoms with Crippen LogP contribution in [-0.2, 0) is 16.5 Å². The molecule has 0 saturated heterocycles. The third-order valence-electron chi connectivity index (χ3n) is 4.91. The molecule has 0 atom stereocenters. The molecule has 39 heavy (non-hydrogen) atoms. The molecule has 2 aliphatic carbocycles. The van der Waals surface area contributed by atoms with Crippen LogP contribution in [0.3, 0.4) is 0 Å². The molecule has 13 heteroatoms. The minimum absolute atomic E-state index is 0. The Labute approximate surface area is 232 Å². The predicted molar refractivity (Wildman–Crippen MR) is 140 cm³/mol. The Hall–Kier alpha value is -5.03. The van der Waals surface area contributed by atoms with Crippen LogP contribution in [0.5, 0.6) is 0 Å². The third kappa shape index (κ3) is 7.05. The molecule has 0 bridgehead atoms. The van der Waals surface area contributed by atoms with Gasteiger partial charge in [-0.25, -0.2) is 0 Å². The normalized spacial score (nSPS) is 14.8. The van der Waals surface area contributed by atoms with Gasteiger partial charge in [-0.2, -0.15) is 0 Å².